The fourth-order valence-corrected chi connectivity index (χ4v) is 1.77. The zero-order valence-electron chi connectivity index (χ0n) is 10.6. The maximum Gasteiger partial charge on any atom is 0.385 e. The molecule has 0 saturated heterocycles. The molecule has 1 aromatic carbocycles. The van der Waals surface area contributed by atoms with Gasteiger partial charge in [-0.1, -0.05) is 23.8 Å². The number of rotatable bonds is 3. The Labute approximate surface area is 109 Å². The zero-order chi connectivity index (χ0) is 14.0. The van der Waals surface area contributed by atoms with Crippen LogP contribution in [0.3, 0.4) is 0 Å². The highest BCUT2D eigenvalue weighted by molar-refractivity contribution is 6.51. The number of benzene rings is 1. The number of hydrogen-bond donors (Lipinski definition) is 0. The first-order valence-corrected chi connectivity index (χ1v) is 5.79. The van der Waals surface area contributed by atoms with E-state index in [4.69, 9.17) is 9.47 Å². The van der Waals surface area contributed by atoms with Crippen LogP contribution >= 0.6 is 0 Å². The second-order valence-corrected chi connectivity index (χ2v) is 4.01. The van der Waals surface area contributed by atoms with E-state index in [1.807, 2.05) is 13.0 Å². The summed E-state index contributed by atoms with van der Waals surface area (Å²) in [5.41, 5.74) is 1.09. The Morgan fingerprint density at radius 2 is 2.05 bits per heavy atom. The van der Waals surface area contributed by atoms with Gasteiger partial charge in [-0.25, -0.2) is 9.59 Å². The molecule has 0 N–H and O–H groups in total. The van der Waals surface area contributed by atoms with Crippen LogP contribution in [0.15, 0.2) is 29.8 Å². The average molecular weight is 260 g/mol. The number of hydrogen-bond acceptors (Lipinski definition) is 5. The summed E-state index contributed by atoms with van der Waals surface area (Å²) in [5, 5.41) is 0. The van der Waals surface area contributed by atoms with Crippen molar-refractivity contribution in [3.63, 3.8) is 0 Å². The van der Waals surface area contributed by atoms with Crippen molar-refractivity contribution in [2.45, 2.75) is 13.8 Å². The van der Waals surface area contributed by atoms with Gasteiger partial charge in [-0.05, 0) is 19.9 Å². The minimum Gasteiger partial charge on any atom is -0.462 e. The maximum atomic E-state index is 11.7. The monoisotopic (exact) mass is 260 g/mol. The molecular weight excluding hydrogens is 248 g/mol. The van der Waals surface area contributed by atoms with Crippen molar-refractivity contribution in [2.24, 2.45) is 0 Å². The normalized spacial score (nSPS) is 14.6. The molecule has 1 heterocycles. The number of ketones is 1. The predicted molar refractivity (Wildman–Crippen MR) is 65.8 cm³/mol. The van der Waals surface area contributed by atoms with Gasteiger partial charge < -0.3 is 9.47 Å². The van der Waals surface area contributed by atoms with Gasteiger partial charge >= 0.3 is 11.9 Å². The topological polar surface area (TPSA) is 69.7 Å². The van der Waals surface area contributed by atoms with E-state index in [1.54, 1.807) is 25.1 Å². The summed E-state index contributed by atoms with van der Waals surface area (Å²) in [6.07, 6.45) is 0. The molecule has 0 saturated carbocycles. The van der Waals surface area contributed by atoms with Crippen molar-refractivity contribution in [1.82, 2.24) is 0 Å². The van der Waals surface area contributed by atoms with Gasteiger partial charge in [0.25, 0.3) is 5.78 Å². The largest absolute Gasteiger partial charge is 0.462 e. The highest BCUT2D eigenvalue weighted by Crippen LogP contribution is 2.28. The Hall–Kier alpha value is -2.43. The van der Waals surface area contributed by atoms with Gasteiger partial charge in [-0.2, -0.15) is 0 Å². The molecule has 0 aliphatic carbocycles. The first kappa shape index (κ1) is 13.0. The lowest BCUT2D eigenvalue weighted by molar-refractivity contribution is -0.147. The molecule has 1 aromatic rings. The minimum atomic E-state index is -1.06. The molecule has 0 radical (unpaired) electrons. The molecule has 2 rings (SSSR count). The molecule has 0 bridgehead atoms. The first-order valence-electron chi connectivity index (χ1n) is 5.79. The summed E-state index contributed by atoms with van der Waals surface area (Å²) in [6, 6.07) is 6.98. The van der Waals surface area contributed by atoms with Crippen LogP contribution in [0.5, 0.6) is 0 Å². The number of carbonyl (C=O) groups excluding carboxylic acids is 3. The molecule has 19 heavy (non-hydrogen) atoms. The number of ether oxygens (including phenoxy) is 2. The van der Waals surface area contributed by atoms with Gasteiger partial charge in [0.2, 0.25) is 0 Å². The standard InChI is InChI=1S/C14H12O5/c1-3-18-13(16)10-11(15)14(17)19-12(10)9-6-4-5-8(2)7-9/h4-7H,3H2,1-2H3. The number of cyclic esters (lactones) is 1. The van der Waals surface area contributed by atoms with Crippen LogP contribution in [0.25, 0.3) is 5.76 Å². The number of aryl methyl sites for hydroxylation is 1. The minimum absolute atomic E-state index is 0.0304. The predicted octanol–water partition coefficient (Wildman–Crippen LogP) is 1.40. The van der Waals surface area contributed by atoms with Crippen LogP contribution in [-0.4, -0.2) is 24.3 Å². The van der Waals surface area contributed by atoms with Crippen LogP contribution in [0.1, 0.15) is 18.1 Å². The molecule has 98 valence electrons. The number of Topliss-reactive ketones (excluding diaryl/α,β-unsaturated/α-hetero) is 1. The Kier molecular flexibility index (Phi) is 3.46. The molecule has 1 aliphatic heterocycles. The molecule has 0 unspecified atom stereocenters. The van der Waals surface area contributed by atoms with Gasteiger partial charge in [0.05, 0.1) is 6.61 Å². The zero-order valence-corrected chi connectivity index (χ0v) is 10.6. The van der Waals surface area contributed by atoms with E-state index in [1.165, 1.54) is 0 Å². The lowest BCUT2D eigenvalue weighted by atomic mass is 10.1. The van der Waals surface area contributed by atoms with E-state index in [2.05, 4.69) is 0 Å². The lowest BCUT2D eigenvalue weighted by Gasteiger charge is -2.05. The van der Waals surface area contributed by atoms with Gasteiger partial charge in [0.1, 0.15) is 0 Å². The molecule has 0 spiro atoms. The summed E-state index contributed by atoms with van der Waals surface area (Å²) in [4.78, 5) is 34.7. The molecule has 5 nitrogen and oxygen atoms in total. The Balaban J connectivity index is 2.52. The maximum absolute atomic E-state index is 11.7. The second-order valence-electron chi connectivity index (χ2n) is 4.01. The summed E-state index contributed by atoms with van der Waals surface area (Å²) in [7, 11) is 0. The third kappa shape index (κ3) is 2.40. The van der Waals surface area contributed by atoms with E-state index >= 15 is 0 Å². The summed E-state index contributed by atoms with van der Waals surface area (Å²) in [6.45, 7) is 3.59. The Morgan fingerprint density at radius 3 is 2.68 bits per heavy atom. The van der Waals surface area contributed by atoms with Crippen molar-refractivity contribution in [2.75, 3.05) is 6.61 Å². The molecule has 5 heteroatoms. The SMILES string of the molecule is CCOC(=O)C1=C(c2cccc(C)c2)OC(=O)C1=O. The fourth-order valence-electron chi connectivity index (χ4n) is 1.77. The van der Waals surface area contributed by atoms with Gasteiger partial charge in [-0.3, -0.25) is 4.79 Å². The van der Waals surface area contributed by atoms with Gasteiger partial charge in [-0.15, -0.1) is 0 Å². The van der Waals surface area contributed by atoms with E-state index in [-0.39, 0.29) is 17.9 Å². The second kappa shape index (κ2) is 5.06. The number of carbonyl (C=O) groups is 3. The highest BCUT2D eigenvalue weighted by atomic mass is 16.6. The van der Waals surface area contributed by atoms with Crippen LogP contribution in [-0.2, 0) is 23.9 Å². The molecule has 0 aromatic heterocycles. The van der Waals surface area contributed by atoms with Crippen molar-refractivity contribution < 1.29 is 23.9 Å². The Bertz CT molecular complexity index is 598. The lowest BCUT2D eigenvalue weighted by Crippen LogP contribution is -2.17. The highest BCUT2D eigenvalue weighted by Gasteiger charge is 2.39. The van der Waals surface area contributed by atoms with Crippen LogP contribution in [0, 0.1) is 6.92 Å². The molecule has 1 aliphatic rings. The van der Waals surface area contributed by atoms with Crippen LogP contribution in [0.4, 0.5) is 0 Å². The van der Waals surface area contributed by atoms with Gasteiger partial charge in [0, 0.05) is 5.56 Å². The summed E-state index contributed by atoms with van der Waals surface area (Å²) in [5.74, 6) is -2.89. The quantitative estimate of drug-likeness (QED) is 0.466. The van der Waals surface area contributed by atoms with Crippen molar-refractivity contribution in [3.05, 3.63) is 41.0 Å². The third-order valence-electron chi connectivity index (χ3n) is 2.59. The van der Waals surface area contributed by atoms with Crippen molar-refractivity contribution >= 4 is 23.5 Å². The molecule has 0 atom stereocenters. The molecular formula is C14H12O5. The van der Waals surface area contributed by atoms with Crippen molar-refractivity contribution in [3.8, 4) is 0 Å². The smallest absolute Gasteiger partial charge is 0.385 e. The third-order valence-corrected chi connectivity index (χ3v) is 2.59. The fraction of sp³-hybridized carbons (Fsp3) is 0.214. The van der Waals surface area contributed by atoms with Crippen LogP contribution < -0.4 is 0 Å². The van der Waals surface area contributed by atoms with E-state index in [0.717, 1.165) is 5.56 Å². The van der Waals surface area contributed by atoms with Gasteiger partial charge in [0.15, 0.2) is 11.3 Å². The van der Waals surface area contributed by atoms with E-state index in [9.17, 15) is 14.4 Å². The first-order chi connectivity index (χ1) is 9.04. The number of esters is 2. The van der Waals surface area contributed by atoms with E-state index in [0.29, 0.717) is 5.56 Å². The molecule has 0 amide bonds. The average Bonchev–Trinajstić information content (AvgIpc) is 2.66. The van der Waals surface area contributed by atoms with Crippen LogP contribution in [0.2, 0.25) is 0 Å². The summed E-state index contributed by atoms with van der Waals surface area (Å²) < 4.78 is 9.66. The molecule has 0 fully saturated rings. The van der Waals surface area contributed by atoms with Crippen molar-refractivity contribution in [1.29, 1.82) is 0 Å². The Morgan fingerprint density at radius 1 is 1.32 bits per heavy atom. The van der Waals surface area contributed by atoms with E-state index < -0.39 is 17.7 Å². The summed E-state index contributed by atoms with van der Waals surface area (Å²) >= 11 is 0.